The van der Waals surface area contributed by atoms with Crippen molar-refractivity contribution in [3.8, 4) is 10.4 Å². The molecular weight excluding hydrogens is 344 g/mol. The molecule has 3 rings (SSSR count). The number of halogens is 1. The Morgan fingerprint density at radius 1 is 1.21 bits per heavy atom. The number of benzene rings is 1. The highest BCUT2D eigenvalue weighted by Gasteiger charge is 2.18. The zero-order valence-corrected chi connectivity index (χ0v) is 15.2. The second kappa shape index (κ2) is 6.79. The first kappa shape index (κ1) is 16.7. The van der Waals surface area contributed by atoms with Crippen LogP contribution in [-0.2, 0) is 6.54 Å². The van der Waals surface area contributed by atoms with Gasteiger partial charge in [-0.1, -0.05) is 28.9 Å². The maximum absolute atomic E-state index is 12.7. The molecule has 2 aromatic heterocycles. The van der Waals surface area contributed by atoms with Gasteiger partial charge in [-0.3, -0.25) is 4.79 Å². The van der Waals surface area contributed by atoms with Crippen LogP contribution in [0, 0.1) is 13.8 Å². The van der Waals surface area contributed by atoms with Gasteiger partial charge in [-0.15, -0.1) is 11.3 Å². The third-order valence-electron chi connectivity index (χ3n) is 3.87. The van der Waals surface area contributed by atoms with Crippen molar-refractivity contribution in [1.29, 1.82) is 0 Å². The first-order valence-electron chi connectivity index (χ1n) is 7.48. The van der Waals surface area contributed by atoms with E-state index >= 15 is 0 Å². The molecule has 4 nitrogen and oxygen atoms in total. The lowest BCUT2D eigenvalue weighted by Gasteiger charge is -2.15. The van der Waals surface area contributed by atoms with Gasteiger partial charge in [0, 0.05) is 22.5 Å². The molecule has 24 heavy (non-hydrogen) atoms. The van der Waals surface area contributed by atoms with Crippen LogP contribution in [0.25, 0.3) is 10.4 Å². The molecule has 0 aliphatic rings. The summed E-state index contributed by atoms with van der Waals surface area (Å²) >= 11 is 7.40. The van der Waals surface area contributed by atoms with E-state index in [0.29, 0.717) is 16.4 Å². The molecule has 0 fully saturated rings. The highest BCUT2D eigenvalue weighted by Crippen LogP contribution is 2.30. The van der Waals surface area contributed by atoms with Gasteiger partial charge < -0.3 is 9.42 Å². The van der Waals surface area contributed by atoms with Gasteiger partial charge in [-0.05, 0) is 43.7 Å². The summed E-state index contributed by atoms with van der Waals surface area (Å²) in [4.78, 5) is 16.1. The monoisotopic (exact) mass is 360 g/mol. The van der Waals surface area contributed by atoms with Gasteiger partial charge in [-0.2, -0.15) is 0 Å². The quantitative estimate of drug-likeness (QED) is 0.661. The summed E-state index contributed by atoms with van der Waals surface area (Å²) in [6.45, 7) is 4.22. The van der Waals surface area contributed by atoms with Gasteiger partial charge in [0.2, 0.25) is 0 Å². The standard InChI is InChI=1S/C18H17ClN2O2S/c1-11-15(12(2)23-20-11)10-21(3)18(22)17-9-8-16(24-17)13-4-6-14(19)7-5-13/h4-9H,10H2,1-3H3. The molecule has 2 heterocycles. The van der Waals surface area contributed by atoms with Crippen molar-refractivity contribution < 1.29 is 9.32 Å². The van der Waals surface area contributed by atoms with Crippen LogP contribution < -0.4 is 0 Å². The second-order valence-electron chi connectivity index (χ2n) is 5.63. The molecule has 0 aliphatic heterocycles. The predicted molar refractivity (Wildman–Crippen MR) is 96.5 cm³/mol. The lowest BCUT2D eigenvalue weighted by Crippen LogP contribution is -2.25. The number of hydrogen-bond donors (Lipinski definition) is 0. The maximum atomic E-state index is 12.7. The van der Waals surface area contributed by atoms with Crippen molar-refractivity contribution in [1.82, 2.24) is 10.1 Å². The Balaban J connectivity index is 1.77. The van der Waals surface area contributed by atoms with E-state index in [9.17, 15) is 4.79 Å². The molecule has 0 saturated heterocycles. The molecule has 0 N–H and O–H groups in total. The molecule has 0 radical (unpaired) electrons. The minimum absolute atomic E-state index is 0.0137. The van der Waals surface area contributed by atoms with Crippen LogP contribution in [0.4, 0.5) is 0 Å². The molecule has 1 amide bonds. The highest BCUT2D eigenvalue weighted by atomic mass is 35.5. The van der Waals surface area contributed by atoms with Crippen LogP contribution in [0.2, 0.25) is 5.02 Å². The van der Waals surface area contributed by atoms with E-state index in [1.54, 1.807) is 11.9 Å². The largest absolute Gasteiger partial charge is 0.361 e. The summed E-state index contributed by atoms with van der Waals surface area (Å²) in [5.41, 5.74) is 2.83. The number of hydrogen-bond acceptors (Lipinski definition) is 4. The van der Waals surface area contributed by atoms with E-state index in [-0.39, 0.29) is 5.91 Å². The Bertz CT molecular complexity index is 848. The van der Waals surface area contributed by atoms with Crippen LogP contribution in [-0.4, -0.2) is 23.0 Å². The first-order chi connectivity index (χ1) is 11.5. The maximum Gasteiger partial charge on any atom is 0.263 e. The summed E-state index contributed by atoms with van der Waals surface area (Å²) < 4.78 is 5.16. The molecule has 1 aromatic carbocycles. The number of thiophene rings is 1. The van der Waals surface area contributed by atoms with Crippen molar-refractivity contribution in [2.45, 2.75) is 20.4 Å². The third kappa shape index (κ3) is 3.37. The van der Waals surface area contributed by atoms with E-state index in [0.717, 1.165) is 27.5 Å². The molecule has 124 valence electrons. The van der Waals surface area contributed by atoms with Crippen LogP contribution >= 0.6 is 22.9 Å². The fraction of sp³-hybridized carbons (Fsp3) is 0.222. The van der Waals surface area contributed by atoms with Gasteiger partial charge >= 0.3 is 0 Å². The summed E-state index contributed by atoms with van der Waals surface area (Å²) in [6.07, 6.45) is 0. The lowest BCUT2D eigenvalue weighted by atomic mass is 10.2. The van der Waals surface area contributed by atoms with Gasteiger partial charge in [0.15, 0.2) is 0 Å². The van der Waals surface area contributed by atoms with Crippen LogP contribution in [0.15, 0.2) is 40.9 Å². The van der Waals surface area contributed by atoms with E-state index in [4.69, 9.17) is 16.1 Å². The molecular formula is C18H17ClN2O2S. The number of rotatable bonds is 4. The Hall–Kier alpha value is -2.11. The molecule has 3 aromatic rings. The molecule has 0 spiro atoms. The highest BCUT2D eigenvalue weighted by molar-refractivity contribution is 7.17. The minimum atomic E-state index is -0.0137. The Morgan fingerprint density at radius 3 is 2.54 bits per heavy atom. The number of nitrogens with zero attached hydrogens (tertiary/aromatic N) is 2. The number of carbonyl (C=O) groups excluding carboxylic acids is 1. The van der Waals surface area contributed by atoms with Crippen LogP contribution in [0.1, 0.15) is 26.7 Å². The topological polar surface area (TPSA) is 46.3 Å². The second-order valence-corrected chi connectivity index (χ2v) is 7.15. The molecule has 0 unspecified atom stereocenters. The molecule has 0 aliphatic carbocycles. The summed E-state index contributed by atoms with van der Waals surface area (Å²) in [5, 5.41) is 4.63. The van der Waals surface area contributed by atoms with Crippen LogP contribution in [0.5, 0.6) is 0 Å². The van der Waals surface area contributed by atoms with Gasteiger partial charge in [0.25, 0.3) is 5.91 Å². The SMILES string of the molecule is Cc1noc(C)c1CN(C)C(=O)c1ccc(-c2ccc(Cl)cc2)s1. The van der Waals surface area contributed by atoms with Crippen LogP contribution in [0.3, 0.4) is 0 Å². The fourth-order valence-electron chi connectivity index (χ4n) is 2.45. The Kier molecular flexibility index (Phi) is 4.73. The third-order valence-corrected chi connectivity index (χ3v) is 5.24. The van der Waals surface area contributed by atoms with E-state index < -0.39 is 0 Å². The number of carbonyl (C=O) groups is 1. The smallest absolute Gasteiger partial charge is 0.263 e. The van der Waals surface area contributed by atoms with Gasteiger partial charge in [-0.25, -0.2) is 0 Å². The first-order valence-corrected chi connectivity index (χ1v) is 8.68. The van der Waals surface area contributed by atoms with Crippen molar-refractivity contribution >= 4 is 28.8 Å². The van der Waals surface area contributed by atoms with E-state index in [2.05, 4.69) is 5.16 Å². The zero-order chi connectivity index (χ0) is 17.3. The summed E-state index contributed by atoms with van der Waals surface area (Å²) in [5.74, 6) is 0.736. The average Bonchev–Trinajstić information content (AvgIpc) is 3.17. The molecule has 0 atom stereocenters. The Morgan fingerprint density at radius 2 is 1.92 bits per heavy atom. The minimum Gasteiger partial charge on any atom is -0.361 e. The Labute approximate surface area is 149 Å². The fourth-order valence-corrected chi connectivity index (χ4v) is 3.58. The van der Waals surface area contributed by atoms with Crippen molar-refractivity contribution in [3.05, 3.63) is 63.3 Å². The zero-order valence-electron chi connectivity index (χ0n) is 13.7. The lowest BCUT2D eigenvalue weighted by molar-refractivity contribution is 0.0789. The van der Waals surface area contributed by atoms with Crippen molar-refractivity contribution in [3.63, 3.8) is 0 Å². The summed E-state index contributed by atoms with van der Waals surface area (Å²) in [7, 11) is 1.79. The number of aromatic nitrogens is 1. The van der Waals surface area contributed by atoms with E-state index in [1.165, 1.54) is 11.3 Å². The van der Waals surface area contributed by atoms with Gasteiger partial charge in [0.1, 0.15) is 5.76 Å². The number of amides is 1. The van der Waals surface area contributed by atoms with E-state index in [1.807, 2.05) is 50.2 Å². The predicted octanol–water partition coefficient (Wildman–Crippen LogP) is 4.95. The van der Waals surface area contributed by atoms with Gasteiger partial charge in [0.05, 0.1) is 17.1 Å². The molecule has 0 bridgehead atoms. The molecule has 0 saturated carbocycles. The van der Waals surface area contributed by atoms with Crippen molar-refractivity contribution in [2.24, 2.45) is 0 Å². The summed E-state index contributed by atoms with van der Waals surface area (Å²) in [6, 6.07) is 11.4. The van der Waals surface area contributed by atoms with Crippen molar-refractivity contribution in [2.75, 3.05) is 7.05 Å². The average molecular weight is 361 g/mol. The molecule has 6 heteroatoms. The normalized spacial score (nSPS) is 10.8. The number of aryl methyl sites for hydroxylation is 2.